The molecular formula is C16H20ClN3O3. The highest BCUT2D eigenvalue weighted by molar-refractivity contribution is 6.33. The summed E-state index contributed by atoms with van der Waals surface area (Å²) < 4.78 is 6.37. The molecule has 0 bridgehead atoms. The standard InChI is InChI=1S/C16H20ClN3O3/c1-11-14(16(22)18-9-8-13(21)10-23-2)15(17)20(19-11)12-6-4-3-5-7-12/h3-7,13,21H,8-10H2,1-2H3,(H,18,22). The van der Waals surface area contributed by atoms with E-state index in [0.29, 0.717) is 24.2 Å². The van der Waals surface area contributed by atoms with E-state index in [4.69, 9.17) is 16.3 Å². The molecule has 0 fully saturated rings. The summed E-state index contributed by atoms with van der Waals surface area (Å²) in [5.41, 5.74) is 1.68. The SMILES string of the molecule is COCC(O)CCNC(=O)c1c(C)nn(-c2ccccc2)c1Cl. The Balaban J connectivity index is 2.08. The molecule has 1 amide bonds. The van der Waals surface area contributed by atoms with E-state index in [1.165, 1.54) is 11.8 Å². The first-order valence-corrected chi connectivity index (χ1v) is 7.68. The minimum atomic E-state index is -0.607. The number of amides is 1. The summed E-state index contributed by atoms with van der Waals surface area (Å²) in [6.45, 7) is 2.30. The Kier molecular flexibility index (Phi) is 6.15. The van der Waals surface area contributed by atoms with Crippen LogP contribution in [0.5, 0.6) is 0 Å². The van der Waals surface area contributed by atoms with E-state index in [9.17, 15) is 9.90 Å². The molecule has 2 aromatic rings. The van der Waals surface area contributed by atoms with Crippen LogP contribution in [-0.2, 0) is 4.74 Å². The molecule has 0 spiro atoms. The monoisotopic (exact) mass is 337 g/mol. The lowest BCUT2D eigenvalue weighted by atomic mass is 10.2. The quantitative estimate of drug-likeness (QED) is 0.809. The summed E-state index contributed by atoms with van der Waals surface area (Å²) in [7, 11) is 1.52. The van der Waals surface area contributed by atoms with Gasteiger partial charge in [0, 0.05) is 13.7 Å². The molecule has 0 saturated carbocycles. The zero-order valence-corrected chi connectivity index (χ0v) is 13.9. The molecule has 1 aromatic carbocycles. The molecule has 0 saturated heterocycles. The second-order valence-corrected chi connectivity index (χ2v) is 5.51. The van der Waals surface area contributed by atoms with E-state index in [0.717, 1.165) is 5.69 Å². The van der Waals surface area contributed by atoms with Gasteiger partial charge in [-0.25, -0.2) is 4.68 Å². The predicted octanol–water partition coefficient (Wildman–Crippen LogP) is 1.96. The third kappa shape index (κ3) is 4.31. The van der Waals surface area contributed by atoms with E-state index in [-0.39, 0.29) is 17.7 Å². The molecule has 7 heteroatoms. The summed E-state index contributed by atoms with van der Waals surface area (Å²) in [5.74, 6) is -0.306. The maximum atomic E-state index is 12.3. The number of hydrogen-bond acceptors (Lipinski definition) is 4. The predicted molar refractivity (Wildman–Crippen MR) is 88.1 cm³/mol. The first kappa shape index (κ1) is 17.5. The number of hydrogen-bond donors (Lipinski definition) is 2. The van der Waals surface area contributed by atoms with Crippen molar-refractivity contribution in [1.29, 1.82) is 0 Å². The van der Waals surface area contributed by atoms with Gasteiger partial charge in [-0.3, -0.25) is 4.79 Å². The molecule has 2 rings (SSSR count). The van der Waals surface area contributed by atoms with E-state index in [1.54, 1.807) is 6.92 Å². The zero-order valence-electron chi connectivity index (χ0n) is 13.1. The van der Waals surface area contributed by atoms with Crippen molar-refractivity contribution in [1.82, 2.24) is 15.1 Å². The van der Waals surface area contributed by atoms with Crippen LogP contribution in [0, 0.1) is 6.92 Å². The smallest absolute Gasteiger partial charge is 0.256 e. The number of ether oxygens (including phenoxy) is 1. The maximum absolute atomic E-state index is 12.3. The van der Waals surface area contributed by atoms with Gasteiger partial charge in [-0.05, 0) is 25.5 Å². The Morgan fingerprint density at radius 2 is 2.13 bits per heavy atom. The lowest BCUT2D eigenvalue weighted by molar-refractivity contribution is 0.0587. The average molecular weight is 338 g/mol. The van der Waals surface area contributed by atoms with Gasteiger partial charge >= 0.3 is 0 Å². The Labute approximate surface area is 140 Å². The number of benzene rings is 1. The summed E-state index contributed by atoms with van der Waals surface area (Å²) in [6.07, 6.45) is -0.202. The highest BCUT2D eigenvalue weighted by Gasteiger charge is 2.20. The van der Waals surface area contributed by atoms with Crippen LogP contribution in [0.25, 0.3) is 5.69 Å². The lowest BCUT2D eigenvalue weighted by Crippen LogP contribution is -2.28. The van der Waals surface area contributed by atoms with Gasteiger partial charge in [0.15, 0.2) is 0 Å². The van der Waals surface area contributed by atoms with Crippen molar-refractivity contribution in [3.8, 4) is 5.69 Å². The normalized spacial score (nSPS) is 12.2. The van der Waals surface area contributed by atoms with Gasteiger partial charge in [0.2, 0.25) is 0 Å². The molecule has 1 unspecified atom stereocenters. The first-order chi connectivity index (χ1) is 11.0. The molecule has 6 nitrogen and oxygen atoms in total. The number of aromatic nitrogens is 2. The fourth-order valence-corrected chi connectivity index (χ4v) is 2.57. The van der Waals surface area contributed by atoms with Crippen LogP contribution in [0.4, 0.5) is 0 Å². The molecule has 0 aliphatic carbocycles. The molecule has 23 heavy (non-hydrogen) atoms. The number of carbonyl (C=O) groups is 1. The molecule has 124 valence electrons. The van der Waals surface area contributed by atoms with Crippen molar-refractivity contribution in [2.24, 2.45) is 0 Å². The zero-order chi connectivity index (χ0) is 16.8. The molecule has 1 aromatic heterocycles. The summed E-state index contributed by atoms with van der Waals surface area (Å²) in [5, 5.41) is 16.9. The lowest BCUT2D eigenvalue weighted by Gasteiger charge is -2.10. The van der Waals surface area contributed by atoms with Gasteiger partial charge in [0.1, 0.15) is 5.15 Å². The molecule has 1 atom stereocenters. The third-order valence-electron chi connectivity index (χ3n) is 3.35. The number of carbonyl (C=O) groups excluding carboxylic acids is 1. The molecule has 2 N–H and O–H groups in total. The van der Waals surface area contributed by atoms with Crippen LogP contribution in [0.3, 0.4) is 0 Å². The van der Waals surface area contributed by atoms with Crippen molar-refractivity contribution in [2.45, 2.75) is 19.4 Å². The number of aliphatic hydroxyl groups excluding tert-OH is 1. The summed E-state index contributed by atoms with van der Waals surface area (Å²) in [4.78, 5) is 12.3. The summed E-state index contributed by atoms with van der Waals surface area (Å²) in [6, 6.07) is 9.37. The van der Waals surface area contributed by atoms with E-state index >= 15 is 0 Å². The van der Waals surface area contributed by atoms with E-state index in [1.807, 2.05) is 30.3 Å². The van der Waals surface area contributed by atoms with Crippen molar-refractivity contribution in [3.63, 3.8) is 0 Å². The molecule has 1 heterocycles. The van der Waals surface area contributed by atoms with Crippen molar-refractivity contribution >= 4 is 17.5 Å². The van der Waals surface area contributed by atoms with Crippen LogP contribution in [-0.4, -0.2) is 47.2 Å². The van der Waals surface area contributed by atoms with Crippen LogP contribution < -0.4 is 5.32 Å². The Morgan fingerprint density at radius 3 is 2.78 bits per heavy atom. The fraction of sp³-hybridized carbons (Fsp3) is 0.375. The number of para-hydroxylation sites is 1. The van der Waals surface area contributed by atoms with Crippen LogP contribution >= 0.6 is 11.6 Å². The largest absolute Gasteiger partial charge is 0.391 e. The second-order valence-electron chi connectivity index (χ2n) is 5.15. The number of nitrogens with one attached hydrogen (secondary N) is 1. The van der Waals surface area contributed by atoms with Crippen molar-refractivity contribution in [3.05, 3.63) is 46.7 Å². The third-order valence-corrected chi connectivity index (χ3v) is 3.70. The van der Waals surface area contributed by atoms with Crippen LogP contribution in [0.1, 0.15) is 22.5 Å². The summed E-state index contributed by atoms with van der Waals surface area (Å²) >= 11 is 6.32. The molecular weight excluding hydrogens is 318 g/mol. The van der Waals surface area contributed by atoms with Gasteiger partial charge < -0.3 is 15.2 Å². The van der Waals surface area contributed by atoms with Crippen LogP contribution in [0.2, 0.25) is 5.15 Å². The van der Waals surface area contributed by atoms with Gasteiger partial charge in [0.25, 0.3) is 5.91 Å². The number of aryl methyl sites for hydroxylation is 1. The minimum absolute atomic E-state index is 0.238. The van der Waals surface area contributed by atoms with Gasteiger partial charge in [-0.2, -0.15) is 5.10 Å². The van der Waals surface area contributed by atoms with Crippen molar-refractivity contribution < 1.29 is 14.6 Å². The van der Waals surface area contributed by atoms with Gasteiger partial charge in [-0.15, -0.1) is 0 Å². The van der Waals surface area contributed by atoms with Gasteiger partial charge in [0.05, 0.1) is 29.7 Å². The van der Waals surface area contributed by atoms with Crippen molar-refractivity contribution in [2.75, 3.05) is 20.3 Å². The Bertz CT molecular complexity index is 658. The number of rotatable bonds is 7. The molecule has 0 aliphatic heterocycles. The molecule has 0 aliphatic rings. The number of aliphatic hydroxyl groups is 1. The Hall–Kier alpha value is -1.89. The number of methoxy groups -OCH3 is 1. The Morgan fingerprint density at radius 1 is 1.43 bits per heavy atom. The highest BCUT2D eigenvalue weighted by Crippen LogP contribution is 2.23. The van der Waals surface area contributed by atoms with E-state index in [2.05, 4.69) is 10.4 Å². The second kappa shape index (κ2) is 8.10. The van der Waals surface area contributed by atoms with E-state index < -0.39 is 6.10 Å². The molecule has 0 radical (unpaired) electrons. The minimum Gasteiger partial charge on any atom is -0.391 e. The number of halogens is 1. The maximum Gasteiger partial charge on any atom is 0.256 e. The fourth-order valence-electron chi connectivity index (χ4n) is 2.21. The topological polar surface area (TPSA) is 76.4 Å². The number of nitrogens with zero attached hydrogens (tertiary/aromatic N) is 2. The first-order valence-electron chi connectivity index (χ1n) is 7.30. The average Bonchev–Trinajstić information content (AvgIpc) is 2.83. The highest BCUT2D eigenvalue weighted by atomic mass is 35.5. The van der Waals surface area contributed by atoms with Crippen LogP contribution in [0.15, 0.2) is 30.3 Å². The van der Waals surface area contributed by atoms with Gasteiger partial charge in [-0.1, -0.05) is 29.8 Å².